The van der Waals surface area contributed by atoms with Gasteiger partial charge in [0.15, 0.2) is 0 Å². The smallest absolute Gasteiger partial charge is 0.0964 e. The molecule has 0 saturated carbocycles. The van der Waals surface area contributed by atoms with Gasteiger partial charge in [0.1, 0.15) is 0 Å². The van der Waals surface area contributed by atoms with E-state index in [4.69, 9.17) is 0 Å². The molecule has 0 aromatic heterocycles. The molecular formula is C14H14O2S5. The van der Waals surface area contributed by atoms with E-state index in [0.717, 1.165) is 11.1 Å². The van der Waals surface area contributed by atoms with Crippen molar-refractivity contribution in [3.05, 3.63) is 71.8 Å². The quantitative estimate of drug-likeness (QED) is 0.623. The van der Waals surface area contributed by atoms with Gasteiger partial charge in [0, 0.05) is 29.5 Å². The predicted molar refractivity (Wildman–Crippen MR) is 99.3 cm³/mol. The van der Waals surface area contributed by atoms with E-state index in [1.807, 2.05) is 60.7 Å². The molecule has 2 rings (SSSR count). The van der Waals surface area contributed by atoms with Gasteiger partial charge in [0.25, 0.3) is 0 Å². The first-order chi connectivity index (χ1) is 10.2. The van der Waals surface area contributed by atoms with Crippen LogP contribution in [0.5, 0.6) is 0 Å². The summed E-state index contributed by atoms with van der Waals surface area (Å²) in [6.45, 7) is 0. The van der Waals surface area contributed by atoms with Crippen molar-refractivity contribution in [3.63, 3.8) is 0 Å². The largest absolute Gasteiger partial charge is 0.247 e. The first-order valence-corrected chi connectivity index (χ1v) is 13.3. The van der Waals surface area contributed by atoms with Gasteiger partial charge >= 0.3 is 0 Å². The highest BCUT2D eigenvalue weighted by molar-refractivity contribution is 9.32. The van der Waals surface area contributed by atoms with Gasteiger partial charge in [-0.05, 0) is 11.1 Å². The molecule has 0 fully saturated rings. The molecule has 0 aliphatic rings. The SMILES string of the molecule is O=S(Cc1ccccc1)SSSS(=O)Cc1ccccc1. The zero-order valence-electron chi connectivity index (χ0n) is 11.0. The van der Waals surface area contributed by atoms with E-state index in [9.17, 15) is 8.42 Å². The van der Waals surface area contributed by atoms with E-state index in [0.29, 0.717) is 11.5 Å². The van der Waals surface area contributed by atoms with Crippen molar-refractivity contribution in [2.75, 3.05) is 0 Å². The molecule has 0 aliphatic carbocycles. The Morgan fingerprint density at radius 1 is 0.667 bits per heavy atom. The van der Waals surface area contributed by atoms with Crippen molar-refractivity contribution >= 4 is 49.1 Å². The molecule has 112 valence electrons. The third kappa shape index (κ3) is 7.06. The average Bonchev–Trinajstić information content (AvgIpc) is 2.49. The summed E-state index contributed by atoms with van der Waals surface area (Å²) in [4.78, 5) is 0. The lowest BCUT2D eigenvalue weighted by molar-refractivity contribution is 0.690. The van der Waals surface area contributed by atoms with Crippen LogP contribution in [-0.4, -0.2) is 8.42 Å². The van der Waals surface area contributed by atoms with Crippen LogP contribution in [0.15, 0.2) is 60.7 Å². The lowest BCUT2D eigenvalue weighted by Crippen LogP contribution is -1.89. The van der Waals surface area contributed by atoms with Gasteiger partial charge < -0.3 is 0 Å². The highest BCUT2D eigenvalue weighted by atomic mass is 33.8. The molecule has 2 aromatic carbocycles. The minimum Gasteiger partial charge on any atom is -0.247 e. The third-order valence-electron chi connectivity index (χ3n) is 2.46. The Morgan fingerprint density at radius 2 is 1.05 bits per heavy atom. The minimum absolute atomic E-state index is 0.518. The maximum absolute atomic E-state index is 11.9. The maximum Gasteiger partial charge on any atom is 0.0964 e. The second-order valence-corrected chi connectivity index (χ2v) is 13.4. The van der Waals surface area contributed by atoms with E-state index < -0.39 is 19.7 Å². The fraction of sp³-hybridized carbons (Fsp3) is 0.143. The van der Waals surface area contributed by atoms with Crippen molar-refractivity contribution in [1.82, 2.24) is 0 Å². The molecule has 7 heteroatoms. The molecule has 0 radical (unpaired) electrons. The number of hydrogen-bond acceptors (Lipinski definition) is 5. The summed E-state index contributed by atoms with van der Waals surface area (Å²) in [6, 6.07) is 19.5. The van der Waals surface area contributed by atoms with E-state index in [1.165, 1.54) is 29.5 Å². The highest BCUT2D eigenvalue weighted by Gasteiger charge is 2.07. The van der Waals surface area contributed by atoms with Crippen LogP contribution in [0.3, 0.4) is 0 Å². The summed E-state index contributed by atoms with van der Waals surface area (Å²) in [5, 5.41) is 0. The minimum atomic E-state index is -1.01. The van der Waals surface area contributed by atoms with E-state index >= 15 is 0 Å². The van der Waals surface area contributed by atoms with E-state index in [1.54, 1.807) is 0 Å². The monoisotopic (exact) mass is 374 g/mol. The van der Waals surface area contributed by atoms with Crippen LogP contribution in [0.2, 0.25) is 0 Å². The molecule has 0 amide bonds. The van der Waals surface area contributed by atoms with Crippen molar-refractivity contribution in [2.24, 2.45) is 0 Å². The Balaban J connectivity index is 1.67. The summed E-state index contributed by atoms with van der Waals surface area (Å²) in [5.74, 6) is 1.04. The Bertz CT molecular complexity index is 535. The number of hydrogen-bond donors (Lipinski definition) is 0. The fourth-order valence-electron chi connectivity index (χ4n) is 1.54. The zero-order valence-corrected chi connectivity index (χ0v) is 15.1. The van der Waals surface area contributed by atoms with Gasteiger partial charge in [-0.2, -0.15) is 0 Å². The summed E-state index contributed by atoms with van der Waals surface area (Å²) in [6.07, 6.45) is 0. The molecule has 2 nitrogen and oxygen atoms in total. The van der Waals surface area contributed by atoms with Gasteiger partial charge in [0.05, 0.1) is 31.2 Å². The predicted octanol–water partition coefficient (Wildman–Crippen LogP) is 4.74. The van der Waals surface area contributed by atoms with Gasteiger partial charge in [-0.3, -0.25) is 0 Å². The molecule has 2 aromatic rings. The Morgan fingerprint density at radius 3 is 1.43 bits per heavy atom. The second kappa shape index (κ2) is 9.74. The maximum atomic E-state index is 11.9. The van der Waals surface area contributed by atoms with E-state index in [-0.39, 0.29) is 0 Å². The lowest BCUT2D eigenvalue weighted by Gasteiger charge is -2.02. The summed E-state index contributed by atoms with van der Waals surface area (Å²) >= 11 is 0. The van der Waals surface area contributed by atoms with Gasteiger partial charge in [-0.15, -0.1) is 0 Å². The molecule has 0 N–H and O–H groups in total. The van der Waals surface area contributed by atoms with Crippen LogP contribution >= 0.6 is 29.5 Å². The summed E-state index contributed by atoms with van der Waals surface area (Å²) in [7, 11) is 1.86. The Labute approximate surface area is 140 Å². The first kappa shape index (κ1) is 17.1. The molecule has 21 heavy (non-hydrogen) atoms. The van der Waals surface area contributed by atoms with Gasteiger partial charge in [-0.25, -0.2) is 8.42 Å². The van der Waals surface area contributed by atoms with Crippen LogP contribution in [-0.2, 0) is 31.2 Å². The van der Waals surface area contributed by atoms with Crippen LogP contribution < -0.4 is 0 Å². The van der Waals surface area contributed by atoms with Crippen LogP contribution in [0.1, 0.15) is 11.1 Å². The molecule has 2 unspecified atom stereocenters. The van der Waals surface area contributed by atoms with Crippen molar-refractivity contribution in [3.8, 4) is 0 Å². The standard InChI is InChI=1S/C14H14O2S5/c15-20(11-13-7-3-1-4-8-13)18-17-19-21(16)12-14-9-5-2-6-10-14/h1-10H,11-12H2. The van der Waals surface area contributed by atoms with Crippen molar-refractivity contribution in [2.45, 2.75) is 11.5 Å². The zero-order chi connectivity index (χ0) is 14.9. The van der Waals surface area contributed by atoms with Crippen molar-refractivity contribution in [1.29, 1.82) is 0 Å². The number of rotatable bonds is 8. The molecule has 0 saturated heterocycles. The van der Waals surface area contributed by atoms with Crippen LogP contribution in [0.4, 0.5) is 0 Å². The Kier molecular flexibility index (Phi) is 7.95. The second-order valence-electron chi connectivity index (χ2n) is 4.07. The fourth-order valence-corrected chi connectivity index (χ4v) is 12.2. The first-order valence-electron chi connectivity index (χ1n) is 6.11. The number of benzene rings is 2. The van der Waals surface area contributed by atoms with Gasteiger partial charge in [0.2, 0.25) is 0 Å². The summed E-state index contributed by atoms with van der Waals surface area (Å²) < 4.78 is 23.8. The molecule has 0 bridgehead atoms. The topological polar surface area (TPSA) is 34.1 Å². The molecule has 2 atom stereocenters. The average molecular weight is 375 g/mol. The van der Waals surface area contributed by atoms with Gasteiger partial charge in [-0.1, -0.05) is 60.7 Å². The molecular weight excluding hydrogens is 360 g/mol. The summed E-state index contributed by atoms with van der Waals surface area (Å²) in [5.41, 5.74) is 2.11. The highest BCUT2D eigenvalue weighted by Crippen LogP contribution is 2.40. The third-order valence-corrected chi connectivity index (χ3v) is 12.7. The van der Waals surface area contributed by atoms with E-state index in [2.05, 4.69) is 0 Å². The Hall–Kier alpha value is -0.210. The normalized spacial score (nSPS) is 13.7. The molecule has 0 heterocycles. The molecule has 0 aliphatic heterocycles. The van der Waals surface area contributed by atoms with Crippen LogP contribution in [0.25, 0.3) is 0 Å². The molecule has 0 spiro atoms. The lowest BCUT2D eigenvalue weighted by atomic mass is 10.2. The van der Waals surface area contributed by atoms with Crippen molar-refractivity contribution < 1.29 is 8.42 Å². The van der Waals surface area contributed by atoms with Crippen LogP contribution in [0, 0.1) is 0 Å².